The molecule has 1 aromatic carbocycles. The fourth-order valence-electron chi connectivity index (χ4n) is 3.64. The van der Waals surface area contributed by atoms with Gasteiger partial charge in [0.2, 0.25) is 5.91 Å². The van der Waals surface area contributed by atoms with Crippen molar-refractivity contribution in [1.29, 1.82) is 0 Å². The smallest absolute Gasteiger partial charge is 0.317 e. The summed E-state index contributed by atoms with van der Waals surface area (Å²) in [5.74, 6) is 0.134. The number of benzene rings is 1. The molecule has 1 unspecified atom stereocenters. The van der Waals surface area contributed by atoms with Gasteiger partial charge in [0, 0.05) is 50.9 Å². The maximum atomic E-state index is 12.5. The van der Waals surface area contributed by atoms with Crippen molar-refractivity contribution < 1.29 is 9.59 Å². The van der Waals surface area contributed by atoms with E-state index >= 15 is 0 Å². The number of nitrogens with zero attached hydrogens (tertiary/aromatic N) is 3. The van der Waals surface area contributed by atoms with Crippen LogP contribution in [0.1, 0.15) is 25.5 Å². The quantitative estimate of drug-likeness (QED) is 0.865. The van der Waals surface area contributed by atoms with Crippen LogP contribution in [0.25, 0.3) is 10.9 Å². The minimum atomic E-state index is -0.115. The molecule has 1 aliphatic rings. The van der Waals surface area contributed by atoms with Gasteiger partial charge in [-0.3, -0.25) is 4.79 Å². The highest BCUT2D eigenvalue weighted by Gasteiger charge is 2.30. The first-order chi connectivity index (χ1) is 12.5. The van der Waals surface area contributed by atoms with Gasteiger partial charge in [-0.05, 0) is 30.9 Å². The molecule has 26 heavy (non-hydrogen) atoms. The Balaban J connectivity index is 1.55. The maximum Gasteiger partial charge on any atom is 0.317 e. The van der Waals surface area contributed by atoms with Crippen molar-refractivity contribution in [3.05, 3.63) is 36.0 Å². The van der Waals surface area contributed by atoms with Crippen molar-refractivity contribution in [3.8, 4) is 0 Å². The molecule has 6 heteroatoms. The molecule has 0 spiro atoms. The Morgan fingerprint density at radius 2 is 2.08 bits per heavy atom. The van der Waals surface area contributed by atoms with E-state index in [4.69, 9.17) is 0 Å². The number of fused-ring (bicyclic) bond motifs is 1. The minimum Gasteiger partial charge on any atom is -0.343 e. The van der Waals surface area contributed by atoms with E-state index in [9.17, 15) is 9.59 Å². The number of aromatic nitrogens is 1. The molecule has 6 nitrogen and oxygen atoms in total. The van der Waals surface area contributed by atoms with Gasteiger partial charge in [0.25, 0.3) is 0 Å². The second-order valence-corrected chi connectivity index (χ2v) is 7.11. The van der Waals surface area contributed by atoms with Crippen LogP contribution in [0.4, 0.5) is 4.79 Å². The standard InChI is InChI=1S/C20H28N4O2/c1-4-9-23-14-17(13-19(23)25)21-20(26)22(3)10-11-24-15(2)12-16-7-5-6-8-18(16)24/h5-8,12,17H,4,9-11,13-14H2,1-3H3,(H,21,26). The molecule has 0 aliphatic carbocycles. The molecule has 1 atom stereocenters. The van der Waals surface area contributed by atoms with Crippen LogP contribution in [-0.4, -0.2) is 59.0 Å². The molecule has 1 N–H and O–H groups in total. The molecule has 3 rings (SSSR count). The van der Waals surface area contributed by atoms with Crippen molar-refractivity contribution in [3.63, 3.8) is 0 Å². The first-order valence-corrected chi connectivity index (χ1v) is 9.34. The molecule has 0 bridgehead atoms. The molecule has 2 aromatic rings. The summed E-state index contributed by atoms with van der Waals surface area (Å²) in [6, 6.07) is 10.3. The molecule has 1 aromatic heterocycles. The Morgan fingerprint density at radius 1 is 1.31 bits per heavy atom. The molecule has 1 saturated heterocycles. The van der Waals surface area contributed by atoms with Crippen molar-refractivity contribution in [2.24, 2.45) is 0 Å². The van der Waals surface area contributed by atoms with Crippen molar-refractivity contribution in [2.75, 3.05) is 26.7 Å². The van der Waals surface area contributed by atoms with Crippen LogP contribution in [-0.2, 0) is 11.3 Å². The van der Waals surface area contributed by atoms with Gasteiger partial charge < -0.3 is 19.7 Å². The van der Waals surface area contributed by atoms with Crippen LogP contribution in [0.2, 0.25) is 0 Å². The van der Waals surface area contributed by atoms with Crippen molar-refractivity contribution in [2.45, 2.75) is 39.3 Å². The summed E-state index contributed by atoms with van der Waals surface area (Å²) < 4.78 is 2.24. The molecular weight excluding hydrogens is 328 g/mol. The van der Waals surface area contributed by atoms with Gasteiger partial charge in [0.15, 0.2) is 0 Å². The Kier molecular flexibility index (Phi) is 5.49. The maximum absolute atomic E-state index is 12.5. The number of para-hydroxylation sites is 1. The highest BCUT2D eigenvalue weighted by atomic mass is 16.2. The lowest BCUT2D eigenvalue weighted by Gasteiger charge is -2.22. The molecule has 0 radical (unpaired) electrons. The zero-order chi connectivity index (χ0) is 18.7. The first kappa shape index (κ1) is 18.3. The summed E-state index contributed by atoms with van der Waals surface area (Å²) in [5, 5.41) is 4.21. The zero-order valence-corrected chi connectivity index (χ0v) is 15.9. The number of hydrogen-bond donors (Lipinski definition) is 1. The molecular formula is C20H28N4O2. The first-order valence-electron chi connectivity index (χ1n) is 9.34. The van der Waals surface area contributed by atoms with Gasteiger partial charge in [-0.15, -0.1) is 0 Å². The fraction of sp³-hybridized carbons (Fsp3) is 0.500. The Bertz CT molecular complexity index is 798. The van der Waals surface area contributed by atoms with Gasteiger partial charge in [0.05, 0.1) is 6.04 Å². The van der Waals surface area contributed by atoms with Gasteiger partial charge in [-0.25, -0.2) is 4.79 Å². The molecule has 2 heterocycles. The van der Waals surface area contributed by atoms with Crippen LogP contribution in [0.3, 0.4) is 0 Å². The number of likely N-dealkylation sites (tertiary alicyclic amines) is 1. The second-order valence-electron chi connectivity index (χ2n) is 7.11. The third-order valence-corrected chi connectivity index (χ3v) is 5.06. The number of carbonyl (C=O) groups excluding carboxylic acids is 2. The summed E-state index contributed by atoms with van der Waals surface area (Å²) in [5.41, 5.74) is 2.38. The Morgan fingerprint density at radius 3 is 2.85 bits per heavy atom. The van der Waals surface area contributed by atoms with E-state index in [1.165, 1.54) is 16.6 Å². The Labute approximate surface area is 154 Å². The van der Waals surface area contributed by atoms with E-state index in [2.05, 4.69) is 41.9 Å². The summed E-state index contributed by atoms with van der Waals surface area (Å²) in [6.45, 7) is 6.89. The van der Waals surface area contributed by atoms with Crippen molar-refractivity contribution >= 4 is 22.8 Å². The number of nitrogens with one attached hydrogen (secondary N) is 1. The largest absolute Gasteiger partial charge is 0.343 e. The molecule has 1 fully saturated rings. The summed E-state index contributed by atoms with van der Waals surface area (Å²) >= 11 is 0. The van der Waals surface area contributed by atoms with E-state index in [0.29, 0.717) is 19.5 Å². The number of likely N-dealkylation sites (N-methyl/N-ethyl adjacent to an activating group) is 1. The lowest BCUT2D eigenvalue weighted by Crippen LogP contribution is -2.45. The third kappa shape index (κ3) is 3.84. The number of amides is 3. The van der Waals surface area contributed by atoms with Crippen LogP contribution in [0.5, 0.6) is 0 Å². The Hall–Kier alpha value is -2.50. The van der Waals surface area contributed by atoms with Crippen LogP contribution < -0.4 is 5.32 Å². The predicted octanol–water partition coefficient (Wildman–Crippen LogP) is 2.60. The number of carbonyl (C=O) groups is 2. The third-order valence-electron chi connectivity index (χ3n) is 5.06. The lowest BCUT2D eigenvalue weighted by molar-refractivity contribution is -0.127. The van der Waals surface area contributed by atoms with Gasteiger partial charge in [0.1, 0.15) is 0 Å². The average Bonchev–Trinajstić information content (AvgIpc) is 3.12. The number of hydrogen-bond acceptors (Lipinski definition) is 2. The van der Waals surface area contributed by atoms with Gasteiger partial charge in [-0.1, -0.05) is 25.1 Å². The van der Waals surface area contributed by atoms with E-state index in [1.807, 2.05) is 17.0 Å². The molecule has 140 valence electrons. The van der Waals surface area contributed by atoms with Crippen LogP contribution in [0.15, 0.2) is 30.3 Å². The average molecular weight is 356 g/mol. The zero-order valence-electron chi connectivity index (χ0n) is 15.9. The number of rotatable bonds is 6. The van der Waals surface area contributed by atoms with E-state index in [1.54, 1.807) is 11.9 Å². The van der Waals surface area contributed by atoms with E-state index in [0.717, 1.165) is 19.5 Å². The van der Waals surface area contributed by atoms with Crippen molar-refractivity contribution in [1.82, 2.24) is 19.7 Å². The summed E-state index contributed by atoms with van der Waals surface area (Å²) in [7, 11) is 1.80. The SMILES string of the molecule is CCCN1CC(NC(=O)N(C)CCn2c(C)cc3ccccc32)CC1=O. The summed E-state index contributed by atoms with van der Waals surface area (Å²) in [6.07, 6.45) is 1.34. The highest BCUT2D eigenvalue weighted by molar-refractivity contribution is 5.82. The van der Waals surface area contributed by atoms with Crippen LogP contribution >= 0.6 is 0 Å². The second kappa shape index (κ2) is 7.81. The topological polar surface area (TPSA) is 57.6 Å². The summed E-state index contributed by atoms with van der Waals surface area (Å²) in [4.78, 5) is 27.9. The highest BCUT2D eigenvalue weighted by Crippen LogP contribution is 2.19. The molecule has 1 aliphatic heterocycles. The van der Waals surface area contributed by atoms with E-state index in [-0.39, 0.29) is 18.0 Å². The number of aryl methyl sites for hydroxylation is 1. The molecule has 0 saturated carbocycles. The molecule has 3 amide bonds. The van der Waals surface area contributed by atoms with E-state index < -0.39 is 0 Å². The predicted molar refractivity (Wildman–Crippen MR) is 103 cm³/mol. The fourth-order valence-corrected chi connectivity index (χ4v) is 3.64. The van der Waals surface area contributed by atoms with Gasteiger partial charge >= 0.3 is 6.03 Å². The van der Waals surface area contributed by atoms with Gasteiger partial charge in [-0.2, -0.15) is 0 Å². The monoisotopic (exact) mass is 356 g/mol. The normalized spacial score (nSPS) is 17.1. The minimum absolute atomic E-state index is 0.0851. The van der Waals surface area contributed by atoms with Crippen LogP contribution in [0, 0.1) is 6.92 Å². The lowest BCUT2D eigenvalue weighted by atomic mass is 10.2. The number of urea groups is 1.